The number of amides is 1. The van der Waals surface area contributed by atoms with Gasteiger partial charge in [0.2, 0.25) is 0 Å². The number of carbonyl (C=O) groups excluding carboxylic acids is 1. The summed E-state index contributed by atoms with van der Waals surface area (Å²) in [5.74, 6) is 1.62. The Kier molecular flexibility index (Phi) is 4.39. The van der Waals surface area contributed by atoms with Crippen LogP contribution in [0, 0.1) is 5.92 Å². The van der Waals surface area contributed by atoms with E-state index in [1.54, 1.807) is 6.92 Å². The third-order valence-corrected chi connectivity index (χ3v) is 3.24. The van der Waals surface area contributed by atoms with Gasteiger partial charge in [0.25, 0.3) is 11.8 Å². The molecule has 0 aromatic carbocycles. The van der Waals surface area contributed by atoms with Crippen LogP contribution in [0.5, 0.6) is 0 Å². The van der Waals surface area contributed by atoms with Crippen molar-refractivity contribution in [2.75, 3.05) is 18.0 Å². The van der Waals surface area contributed by atoms with Crippen molar-refractivity contribution in [3.8, 4) is 0 Å². The summed E-state index contributed by atoms with van der Waals surface area (Å²) in [6.07, 6.45) is 0.639. The van der Waals surface area contributed by atoms with Gasteiger partial charge in [-0.2, -0.15) is 4.98 Å². The van der Waals surface area contributed by atoms with Gasteiger partial charge in [-0.05, 0) is 45.2 Å². The molecule has 0 aliphatic carbocycles. The van der Waals surface area contributed by atoms with Crippen LogP contribution in [0.4, 0.5) is 10.7 Å². The molecular weight excluding hydrogens is 272 g/mol. The molecule has 7 heteroatoms. The first-order valence-electron chi connectivity index (χ1n) is 7.32. The average Bonchev–Trinajstić information content (AvgIpc) is 2.93. The zero-order valence-electron chi connectivity index (χ0n) is 13.3. The standard InChI is InChI=1S/C14H24N4O3/c1-9-6-7-18(8-9)12-16-11(21-17-12)10(2)15-13(19)20-14(3,4)5/h9-10H,6-8H2,1-5H3,(H,15,19)/t9?,10-/m0/s1. The number of carbonyl (C=O) groups is 1. The van der Waals surface area contributed by atoms with Crippen LogP contribution in [-0.2, 0) is 4.74 Å². The third kappa shape index (κ3) is 4.34. The maximum absolute atomic E-state index is 11.7. The molecule has 21 heavy (non-hydrogen) atoms. The van der Waals surface area contributed by atoms with Gasteiger partial charge in [-0.25, -0.2) is 4.79 Å². The van der Waals surface area contributed by atoms with Gasteiger partial charge in [-0.15, -0.1) is 0 Å². The number of nitrogens with one attached hydrogen (secondary N) is 1. The predicted molar refractivity (Wildman–Crippen MR) is 78.1 cm³/mol. The van der Waals surface area contributed by atoms with Crippen molar-refractivity contribution in [1.29, 1.82) is 0 Å². The van der Waals surface area contributed by atoms with Crippen molar-refractivity contribution in [3.05, 3.63) is 5.89 Å². The molecule has 1 fully saturated rings. The molecule has 1 aromatic rings. The Bertz CT molecular complexity index is 495. The first kappa shape index (κ1) is 15.6. The Morgan fingerprint density at radius 2 is 2.24 bits per heavy atom. The van der Waals surface area contributed by atoms with Gasteiger partial charge in [0.05, 0.1) is 0 Å². The Labute approximate surface area is 125 Å². The minimum atomic E-state index is -0.532. The minimum absolute atomic E-state index is 0.385. The van der Waals surface area contributed by atoms with Crippen molar-refractivity contribution in [2.45, 2.75) is 52.7 Å². The molecule has 2 heterocycles. The van der Waals surface area contributed by atoms with Crippen LogP contribution < -0.4 is 10.2 Å². The summed E-state index contributed by atoms with van der Waals surface area (Å²) in [6, 6.07) is -0.388. The minimum Gasteiger partial charge on any atom is -0.444 e. The van der Waals surface area contributed by atoms with Gasteiger partial charge in [0.15, 0.2) is 0 Å². The highest BCUT2D eigenvalue weighted by Gasteiger charge is 2.25. The van der Waals surface area contributed by atoms with Crippen LogP contribution in [0.15, 0.2) is 4.52 Å². The molecule has 0 spiro atoms. The van der Waals surface area contributed by atoms with Gasteiger partial charge in [0, 0.05) is 13.1 Å². The lowest BCUT2D eigenvalue weighted by Gasteiger charge is -2.20. The van der Waals surface area contributed by atoms with E-state index in [4.69, 9.17) is 9.26 Å². The summed E-state index contributed by atoms with van der Waals surface area (Å²) in [4.78, 5) is 18.2. The van der Waals surface area contributed by atoms with Crippen molar-refractivity contribution in [3.63, 3.8) is 0 Å². The van der Waals surface area contributed by atoms with Gasteiger partial charge in [-0.1, -0.05) is 6.92 Å². The molecule has 1 saturated heterocycles. The molecule has 118 valence electrons. The van der Waals surface area contributed by atoms with Gasteiger partial charge < -0.3 is 19.5 Å². The zero-order valence-corrected chi connectivity index (χ0v) is 13.3. The van der Waals surface area contributed by atoms with Crippen LogP contribution in [0.1, 0.15) is 53.0 Å². The first-order valence-corrected chi connectivity index (χ1v) is 7.32. The molecule has 0 radical (unpaired) electrons. The summed E-state index contributed by atoms with van der Waals surface area (Å²) in [7, 11) is 0. The van der Waals surface area contributed by atoms with Crippen molar-refractivity contribution in [2.24, 2.45) is 5.92 Å². The van der Waals surface area contributed by atoms with E-state index in [9.17, 15) is 4.79 Å². The summed E-state index contributed by atoms with van der Waals surface area (Å²) in [5, 5.41) is 6.67. The quantitative estimate of drug-likeness (QED) is 0.923. The normalized spacial score (nSPS) is 20.4. The summed E-state index contributed by atoms with van der Waals surface area (Å²) in [5.41, 5.74) is -0.532. The van der Waals surface area contributed by atoms with Crippen molar-refractivity contribution >= 4 is 12.0 Å². The predicted octanol–water partition coefficient (Wildman–Crippen LogP) is 2.50. The first-order chi connectivity index (χ1) is 9.74. The molecule has 2 rings (SSSR count). The molecule has 0 bridgehead atoms. The van der Waals surface area contributed by atoms with Gasteiger partial charge in [0.1, 0.15) is 11.6 Å². The molecule has 1 N–H and O–H groups in total. The lowest BCUT2D eigenvalue weighted by atomic mass is 10.2. The number of hydrogen-bond acceptors (Lipinski definition) is 6. The number of nitrogens with zero attached hydrogens (tertiary/aromatic N) is 3. The SMILES string of the molecule is CC1CCN(c2noc([C@H](C)NC(=O)OC(C)(C)C)n2)C1. The largest absolute Gasteiger partial charge is 0.444 e. The van der Waals surface area contributed by atoms with Gasteiger partial charge in [-0.3, -0.25) is 0 Å². The number of hydrogen-bond donors (Lipinski definition) is 1. The molecule has 1 aliphatic heterocycles. The third-order valence-electron chi connectivity index (χ3n) is 3.24. The Hall–Kier alpha value is -1.79. The van der Waals surface area contributed by atoms with E-state index in [1.165, 1.54) is 0 Å². The zero-order chi connectivity index (χ0) is 15.6. The lowest BCUT2D eigenvalue weighted by Crippen LogP contribution is -2.34. The van der Waals surface area contributed by atoms with Crippen molar-refractivity contribution in [1.82, 2.24) is 15.5 Å². The van der Waals surface area contributed by atoms with Crippen LogP contribution in [0.2, 0.25) is 0 Å². The molecule has 1 amide bonds. The molecule has 2 atom stereocenters. The second kappa shape index (κ2) is 5.91. The van der Waals surface area contributed by atoms with Gasteiger partial charge >= 0.3 is 6.09 Å². The molecule has 1 aliphatic rings. The number of rotatable bonds is 3. The van der Waals surface area contributed by atoms with Crippen molar-refractivity contribution < 1.29 is 14.1 Å². The highest BCUT2D eigenvalue weighted by molar-refractivity contribution is 5.68. The van der Waals surface area contributed by atoms with Crippen LogP contribution >= 0.6 is 0 Å². The maximum Gasteiger partial charge on any atom is 0.408 e. The van der Waals surface area contributed by atoms with E-state index in [2.05, 4.69) is 27.3 Å². The number of aromatic nitrogens is 2. The average molecular weight is 296 g/mol. The van der Waals surface area contributed by atoms with E-state index in [-0.39, 0.29) is 6.04 Å². The number of anilines is 1. The van der Waals surface area contributed by atoms with E-state index in [1.807, 2.05) is 20.8 Å². The molecule has 0 saturated carbocycles. The molecule has 7 nitrogen and oxygen atoms in total. The molecule has 1 aromatic heterocycles. The van der Waals surface area contributed by atoms with E-state index >= 15 is 0 Å². The Morgan fingerprint density at radius 3 is 2.81 bits per heavy atom. The fourth-order valence-corrected chi connectivity index (χ4v) is 2.19. The molecule has 1 unspecified atom stereocenters. The Morgan fingerprint density at radius 1 is 1.52 bits per heavy atom. The maximum atomic E-state index is 11.7. The topological polar surface area (TPSA) is 80.5 Å². The molecular formula is C14H24N4O3. The highest BCUT2D eigenvalue weighted by Crippen LogP contribution is 2.22. The van der Waals surface area contributed by atoms with Crippen LogP contribution in [0.3, 0.4) is 0 Å². The lowest BCUT2D eigenvalue weighted by molar-refractivity contribution is 0.0499. The van der Waals surface area contributed by atoms with E-state index in [0.29, 0.717) is 17.8 Å². The van der Waals surface area contributed by atoms with Crippen LogP contribution in [-0.4, -0.2) is 34.9 Å². The number of ether oxygens (including phenoxy) is 1. The second-order valence-electron chi connectivity index (χ2n) is 6.64. The summed E-state index contributed by atoms with van der Waals surface area (Å²) in [6.45, 7) is 11.3. The van der Waals surface area contributed by atoms with E-state index < -0.39 is 11.7 Å². The summed E-state index contributed by atoms with van der Waals surface area (Å²) < 4.78 is 10.4. The second-order valence-corrected chi connectivity index (χ2v) is 6.64. The fourth-order valence-electron chi connectivity index (χ4n) is 2.19. The fraction of sp³-hybridized carbons (Fsp3) is 0.786. The number of alkyl carbamates (subject to hydrolysis) is 1. The Balaban J connectivity index is 1.93. The highest BCUT2D eigenvalue weighted by atomic mass is 16.6. The monoisotopic (exact) mass is 296 g/mol. The van der Waals surface area contributed by atoms with E-state index in [0.717, 1.165) is 19.5 Å². The smallest absolute Gasteiger partial charge is 0.408 e. The summed E-state index contributed by atoms with van der Waals surface area (Å²) >= 11 is 0. The van der Waals surface area contributed by atoms with Crippen LogP contribution in [0.25, 0.3) is 0 Å².